The number of likely N-dealkylation sites (tertiary alicyclic amines) is 1. The van der Waals surface area contributed by atoms with E-state index in [0.717, 1.165) is 17.7 Å². The van der Waals surface area contributed by atoms with E-state index in [4.69, 9.17) is 9.47 Å². The normalized spacial score (nSPS) is 19.9. The second-order valence-corrected chi connectivity index (χ2v) is 6.70. The van der Waals surface area contributed by atoms with E-state index < -0.39 is 11.7 Å². The van der Waals surface area contributed by atoms with Gasteiger partial charge in [0.1, 0.15) is 11.4 Å². The van der Waals surface area contributed by atoms with Gasteiger partial charge in [-0.1, -0.05) is 12.1 Å². The Bertz CT molecular complexity index is 524. The van der Waals surface area contributed by atoms with Crippen LogP contribution in [0, 0.1) is 5.92 Å². The lowest BCUT2D eigenvalue weighted by Crippen LogP contribution is -2.35. The van der Waals surface area contributed by atoms with E-state index in [-0.39, 0.29) is 12.0 Å². The lowest BCUT2D eigenvalue weighted by atomic mass is 9.95. The topological polar surface area (TPSA) is 59.0 Å². The van der Waals surface area contributed by atoms with E-state index in [2.05, 4.69) is 0 Å². The third-order valence-corrected chi connectivity index (χ3v) is 3.76. The molecule has 0 bridgehead atoms. The lowest BCUT2D eigenvalue weighted by molar-refractivity contribution is 0.0268. The molecule has 5 nitrogen and oxygen atoms in total. The first-order valence-electron chi connectivity index (χ1n) is 7.60. The monoisotopic (exact) mass is 307 g/mol. The number of carbonyl (C=O) groups is 1. The van der Waals surface area contributed by atoms with Gasteiger partial charge in [-0.3, -0.25) is 0 Å². The quantitative estimate of drug-likeness (QED) is 0.932. The van der Waals surface area contributed by atoms with Gasteiger partial charge < -0.3 is 19.5 Å². The number of carbonyl (C=O) groups excluding carboxylic acids is 1. The van der Waals surface area contributed by atoms with Crippen molar-refractivity contribution < 1.29 is 19.4 Å². The molecule has 1 aliphatic rings. The zero-order chi connectivity index (χ0) is 16.3. The Morgan fingerprint density at radius 2 is 2.14 bits per heavy atom. The fraction of sp³-hybridized carbons (Fsp3) is 0.588. The van der Waals surface area contributed by atoms with Gasteiger partial charge in [-0.15, -0.1) is 0 Å². The molecule has 1 N–H and O–H groups in total. The minimum atomic E-state index is -0.609. The number of aliphatic hydroxyl groups is 1. The molecule has 22 heavy (non-hydrogen) atoms. The number of nitrogens with zero attached hydrogens (tertiary/aromatic N) is 1. The van der Waals surface area contributed by atoms with Gasteiger partial charge in [-0.05, 0) is 44.9 Å². The first kappa shape index (κ1) is 16.6. The van der Waals surface area contributed by atoms with Crippen molar-refractivity contribution in [2.24, 2.45) is 5.92 Å². The van der Waals surface area contributed by atoms with Crippen LogP contribution >= 0.6 is 0 Å². The molecular weight excluding hydrogens is 282 g/mol. The molecule has 1 fully saturated rings. The molecule has 2 atom stereocenters. The van der Waals surface area contributed by atoms with Crippen LogP contribution in [0.2, 0.25) is 0 Å². The van der Waals surface area contributed by atoms with E-state index in [9.17, 15) is 9.90 Å². The molecular formula is C17H25NO4. The maximum absolute atomic E-state index is 12.1. The van der Waals surface area contributed by atoms with Crippen molar-refractivity contribution in [3.63, 3.8) is 0 Å². The summed E-state index contributed by atoms with van der Waals surface area (Å²) in [6.45, 7) is 6.67. The highest BCUT2D eigenvalue weighted by Crippen LogP contribution is 2.32. The Labute approximate surface area is 131 Å². The number of rotatable bonds is 3. The largest absolute Gasteiger partial charge is 0.497 e. The maximum Gasteiger partial charge on any atom is 0.410 e. The molecule has 0 radical (unpaired) electrons. The molecule has 1 heterocycles. The third kappa shape index (κ3) is 4.13. The van der Waals surface area contributed by atoms with Crippen LogP contribution < -0.4 is 4.74 Å². The predicted molar refractivity (Wildman–Crippen MR) is 83.9 cm³/mol. The second-order valence-electron chi connectivity index (χ2n) is 6.70. The molecule has 0 aliphatic carbocycles. The van der Waals surface area contributed by atoms with Crippen molar-refractivity contribution in [3.05, 3.63) is 29.8 Å². The van der Waals surface area contributed by atoms with E-state index >= 15 is 0 Å². The van der Waals surface area contributed by atoms with Crippen LogP contribution in [0.1, 0.15) is 38.9 Å². The zero-order valence-electron chi connectivity index (χ0n) is 13.7. The van der Waals surface area contributed by atoms with Crippen molar-refractivity contribution in [2.75, 3.05) is 20.2 Å². The van der Waals surface area contributed by atoms with E-state index in [1.165, 1.54) is 0 Å². The molecule has 0 saturated carbocycles. The molecule has 2 rings (SSSR count). The fourth-order valence-corrected chi connectivity index (χ4v) is 2.63. The molecule has 1 aromatic carbocycles. The Morgan fingerprint density at radius 1 is 1.41 bits per heavy atom. The second kappa shape index (κ2) is 6.57. The van der Waals surface area contributed by atoms with Crippen LogP contribution in [0.3, 0.4) is 0 Å². The van der Waals surface area contributed by atoms with Gasteiger partial charge in [0.2, 0.25) is 0 Å². The summed E-state index contributed by atoms with van der Waals surface area (Å²) in [6, 6.07) is 7.42. The molecule has 1 aliphatic heterocycles. The summed E-state index contributed by atoms with van der Waals surface area (Å²) in [5.74, 6) is 0.734. The van der Waals surface area contributed by atoms with Crippen LogP contribution in [0.4, 0.5) is 4.79 Å². The van der Waals surface area contributed by atoms with Crippen LogP contribution in [-0.4, -0.2) is 41.9 Å². The SMILES string of the molecule is COc1cccc(C(O)C2CCN(C(=O)OC(C)(C)C)C2)c1. The minimum absolute atomic E-state index is 0.0135. The minimum Gasteiger partial charge on any atom is -0.497 e. The van der Waals surface area contributed by atoms with Gasteiger partial charge in [0.15, 0.2) is 0 Å². The average Bonchev–Trinajstić information content (AvgIpc) is 2.94. The van der Waals surface area contributed by atoms with Gasteiger partial charge in [-0.2, -0.15) is 0 Å². The number of hydrogen-bond donors (Lipinski definition) is 1. The van der Waals surface area contributed by atoms with Crippen LogP contribution in [0.25, 0.3) is 0 Å². The van der Waals surface area contributed by atoms with Crippen molar-refractivity contribution >= 4 is 6.09 Å². The molecule has 122 valence electrons. The summed E-state index contributed by atoms with van der Waals surface area (Å²) in [4.78, 5) is 13.7. The Hall–Kier alpha value is -1.75. The molecule has 1 aromatic rings. The van der Waals surface area contributed by atoms with Crippen molar-refractivity contribution in [2.45, 2.75) is 38.9 Å². The first-order valence-corrected chi connectivity index (χ1v) is 7.60. The molecule has 0 aromatic heterocycles. The highest BCUT2D eigenvalue weighted by molar-refractivity contribution is 5.68. The standard InChI is InChI=1S/C17H25NO4/c1-17(2,3)22-16(20)18-9-8-13(11-18)15(19)12-6-5-7-14(10-12)21-4/h5-7,10,13,15,19H,8-9,11H2,1-4H3. The van der Waals surface area contributed by atoms with Crippen molar-refractivity contribution in [1.29, 1.82) is 0 Å². The van der Waals surface area contributed by atoms with Crippen LogP contribution in [0.15, 0.2) is 24.3 Å². The van der Waals surface area contributed by atoms with Gasteiger partial charge in [0.25, 0.3) is 0 Å². The summed E-state index contributed by atoms with van der Waals surface area (Å²) in [5, 5.41) is 10.5. The number of amides is 1. The number of hydrogen-bond acceptors (Lipinski definition) is 4. The van der Waals surface area contributed by atoms with Crippen molar-refractivity contribution in [3.8, 4) is 5.75 Å². The Kier molecular flexibility index (Phi) is 4.96. The van der Waals surface area contributed by atoms with Crippen LogP contribution in [-0.2, 0) is 4.74 Å². The third-order valence-electron chi connectivity index (χ3n) is 3.76. The highest BCUT2D eigenvalue weighted by atomic mass is 16.6. The van der Waals surface area contributed by atoms with Gasteiger partial charge in [0, 0.05) is 19.0 Å². The predicted octanol–water partition coefficient (Wildman–Crippen LogP) is 2.99. The number of ether oxygens (including phenoxy) is 2. The lowest BCUT2D eigenvalue weighted by Gasteiger charge is -2.25. The summed E-state index contributed by atoms with van der Waals surface area (Å²) in [6.07, 6.45) is -0.159. The van der Waals surface area contributed by atoms with E-state index in [1.807, 2.05) is 45.0 Å². The Morgan fingerprint density at radius 3 is 2.77 bits per heavy atom. The number of benzene rings is 1. The number of aliphatic hydroxyl groups excluding tert-OH is 1. The molecule has 2 unspecified atom stereocenters. The maximum atomic E-state index is 12.1. The van der Waals surface area contributed by atoms with Crippen LogP contribution in [0.5, 0.6) is 5.75 Å². The smallest absolute Gasteiger partial charge is 0.410 e. The summed E-state index contributed by atoms with van der Waals surface area (Å²) in [7, 11) is 1.60. The summed E-state index contributed by atoms with van der Waals surface area (Å²) < 4.78 is 10.6. The van der Waals surface area contributed by atoms with E-state index in [0.29, 0.717) is 13.1 Å². The summed E-state index contributed by atoms with van der Waals surface area (Å²) >= 11 is 0. The van der Waals surface area contributed by atoms with Gasteiger partial charge in [-0.25, -0.2) is 4.79 Å². The average molecular weight is 307 g/mol. The molecule has 1 amide bonds. The van der Waals surface area contributed by atoms with Gasteiger partial charge >= 0.3 is 6.09 Å². The molecule has 0 spiro atoms. The van der Waals surface area contributed by atoms with E-state index in [1.54, 1.807) is 12.0 Å². The fourth-order valence-electron chi connectivity index (χ4n) is 2.63. The Balaban J connectivity index is 1.98. The number of methoxy groups -OCH3 is 1. The zero-order valence-corrected chi connectivity index (χ0v) is 13.7. The van der Waals surface area contributed by atoms with Crippen molar-refractivity contribution in [1.82, 2.24) is 4.90 Å². The molecule has 5 heteroatoms. The summed E-state index contributed by atoms with van der Waals surface area (Å²) in [5.41, 5.74) is 0.316. The van der Waals surface area contributed by atoms with Gasteiger partial charge in [0.05, 0.1) is 13.2 Å². The first-order chi connectivity index (χ1) is 10.3. The molecule has 1 saturated heterocycles. The highest BCUT2D eigenvalue weighted by Gasteiger charge is 2.33.